The van der Waals surface area contributed by atoms with Crippen molar-refractivity contribution in [3.63, 3.8) is 0 Å². The molecule has 1 saturated heterocycles. The van der Waals surface area contributed by atoms with Gasteiger partial charge in [0.25, 0.3) is 0 Å². The van der Waals surface area contributed by atoms with Crippen molar-refractivity contribution >= 4 is 23.6 Å². The van der Waals surface area contributed by atoms with Crippen molar-refractivity contribution in [2.45, 2.75) is 58.2 Å². The van der Waals surface area contributed by atoms with Crippen molar-refractivity contribution in [3.05, 3.63) is 34.9 Å². The summed E-state index contributed by atoms with van der Waals surface area (Å²) in [5.41, 5.74) is 0.278. The van der Waals surface area contributed by atoms with E-state index in [9.17, 15) is 9.59 Å². The maximum atomic E-state index is 12.6. The highest BCUT2D eigenvalue weighted by Crippen LogP contribution is 2.25. The summed E-state index contributed by atoms with van der Waals surface area (Å²) in [6.45, 7) is 7.86. The van der Waals surface area contributed by atoms with Crippen LogP contribution in [-0.2, 0) is 9.53 Å². The second kappa shape index (κ2) is 7.43. The topological polar surface area (TPSA) is 58.6 Å². The lowest BCUT2D eigenvalue weighted by molar-refractivity contribution is -0.126. The number of nitrogens with one attached hydrogen (secondary N) is 1. The van der Waals surface area contributed by atoms with E-state index in [0.717, 1.165) is 12.0 Å². The van der Waals surface area contributed by atoms with Gasteiger partial charge in [0, 0.05) is 11.6 Å². The van der Waals surface area contributed by atoms with Crippen molar-refractivity contribution in [2.75, 3.05) is 6.54 Å². The first-order chi connectivity index (χ1) is 11.2. The van der Waals surface area contributed by atoms with Gasteiger partial charge in [0.1, 0.15) is 11.6 Å². The molecule has 2 atom stereocenters. The molecule has 2 unspecified atom stereocenters. The fourth-order valence-corrected chi connectivity index (χ4v) is 3.09. The molecule has 0 saturated carbocycles. The lowest BCUT2D eigenvalue weighted by atomic mass is 10.1. The highest BCUT2D eigenvalue weighted by Gasteiger charge is 2.37. The van der Waals surface area contributed by atoms with Crippen LogP contribution in [0.25, 0.3) is 0 Å². The smallest absolute Gasteiger partial charge is 0.410 e. The monoisotopic (exact) mass is 352 g/mol. The number of carbonyl (C=O) groups excluding carboxylic acids is 2. The molecule has 24 heavy (non-hydrogen) atoms. The molecule has 1 aliphatic heterocycles. The Kier molecular flexibility index (Phi) is 5.75. The van der Waals surface area contributed by atoms with Gasteiger partial charge in [-0.2, -0.15) is 0 Å². The van der Waals surface area contributed by atoms with Gasteiger partial charge in [0.05, 0.1) is 6.04 Å². The molecule has 1 heterocycles. The van der Waals surface area contributed by atoms with Crippen molar-refractivity contribution < 1.29 is 14.3 Å². The molecule has 1 fully saturated rings. The second-order valence-electron chi connectivity index (χ2n) is 7.08. The lowest BCUT2D eigenvalue weighted by Crippen LogP contribution is -2.48. The molecule has 6 heteroatoms. The van der Waals surface area contributed by atoms with Gasteiger partial charge in [-0.25, -0.2) is 4.79 Å². The van der Waals surface area contributed by atoms with E-state index >= 15 is 0 Å². The van der Waals surface area contributed by atoms with Gasteiger partial charge in [-0.15, -0.1) is 0 Å². The molecule has 1 aliphatic rings. The van der Waals surface area contributed by atoms with Crippen molar-refractivity contribution in [1.82, 2.24) is 10.2 Å². The van der Waals surface area contributed by atoms with Crippen LogP contribution in [0, 0.1) is 0 Å². The third kappa shape index (κ3) is 4.63. The molecule has 0 aliphatic carbocycles. The van der Waals surface area contributed by atoms with Crippen LogP contribution in [0.5, 0.6) is 0 Å². The molecule has 5 nitrogen and oxygen atoms in total. The van der Waals surface area contributed by atoms with Crippen LogP contribution in [0.4, 0.5) is 4.79 Å². The van der Waals surface area contributed by atoms with E-state index in [1.165, 1.54) is 4.90 Å². The van der Waals surface area contributed by atoms with Crippen LogP contribution in [0.15, 0.2) is 24.3 Å². The summed E-state index contributed by atoms with van der Waals surface area (Å²) < 4.78 is 5.40. The Morgan fingerprint density at radius 2 is 2.00 bits per heavy atom. The molecule has 2 rings (SSSR count). The Bertz CT molecular complexity index is 613. The quantitative estimate of drug-likeness (QED) is 0.897. The Balaban J connectivity index is 2.03. The predicted octanol–water partition coefficient (Wildman–Crippen LogP) is 3.92. The van der Waals surface area contributed by atoms with Crippen LogP contribution >= 0.6 is 11.6 Å². The van der Waals surface area contributed by atoms with Crippen molar-refractivity contribution in [3.8, 4) is 0 Å². The minimum atomic E-state index is -0.578. The largest absolute Gasteiger partial charge is 0.444 e. The fraction of sp³-hybridized carbons (Fsp3) is 0.556. The summed E-state index contributed by atoms with van der Waals surface area (Å²) in [6, 6.07) is 6.68. The molecule has 2 amide bonds. The molecular formula is C18H25ClN2O3. The zero-order chi connectivity index (χ0) is 17.9. The maximum absolute atomic E-state index is 12.6. The van der Waals surface area contributed by atoms with E-state index in [2.05, 4.69) is 5.32 Å². The number of hydrogen-bond donors (Lipinski definition) is 1. The average molecular weight is 353 g/mol. The van der Waals surface area contributed by atoms with Gasteiger partial charge < -0.3 is 10.1 Å². The summed E-state index contributed by atoms with van der Waals surface area (Å²) in [5.74, 6) is -0.175. The number of halogens is 1. The van der Waals surface area contributed by atoms with Gasteiger partial charge in [-0.1, -0.05) is 29.8 Å². The summed E-state index contributed by atoms with van der Waals surface area (Å²) in [6.07, 6.45) is 0.989. The van der Waals surface area contributed by atoms with E-state index in [4.69, 9.17) is 16.3 Å². The van der Waals surface area contributed by atoms with Crippen LogP contribution in [0.2, 0.25) is 5.02 Å². The zero-order valence-corrected chi connectivity index (χ0v) is 15.4. The highest BCUT2D eigenvalue weighted by molar-refractivity contribution is 6.31. The van der Waals surface area contributed by atoms with Crippen LogP contribution < -0.4 is 5.32 Å². The SMILES string of the molecule is CC(NC(=O)C1CCCN1C(=O)OC(C)(C)C)c1ccccc1Cl. The number of benzene rings is 1. The van der Waals surface area contributed by atoms with Gasteiger partial charge in [-0.05, 0) is 52.2 Å². The van der Waals surface area contributed by atoms with E-state index in [1.807, 2.05) is 45.9 Å². The van der Waals surface area contributed by atoms with Crippen LogP contribution in [0.1, 0.15) is 52.1 Å². The lowest BCUT2D eigenvalue weighted by Gasteiger charge is -2.28. The third-order valence-corrected chi connectivity index (χ3v) is 4.26. The molecule has 0 aromatic heterocycles. The first kappa shape index (κ1) is 18.6. The van der Waals surface area contributed by atoms with Gasteiger partial charge in [0.2, 0.25) is 5.91 Å². The first-order valence-corrected chi connectivity index (χ1v) is 8.61. The second-order valence-corrected chi connectivity index (χ2v) is 7.49. The number of amides is 2. The summed E-state index contributed by atoms with van der Waals surface area (Å²) in [5, 5.41) is 3.57. The van der Waals surface area contributed by atoms with E-state index in [0.29, 0.717) is 18.0 Å². The summed E-state index contributed by atoms with van der Waals surface area (Å²) >= 11 is 6.18. The first-order valence-electron chi connectivity index (χ1n) is 8.23. The van der Waals surface area contributed by atoms with Gasteiger partial charge in [0.15, 0.2) is 0 Å². The Labute approximate surface area is 148 Å². The molecule has 1 aromatic rings. The Morgan fingerprint density at radius 1 is 1.33 bits per heavy atom. The molecule has 0 spiro atoms. The number of ether oxygens (including phenoxy) is 1. The summed E-state index contributed by atoms with van der Waals surface area (Å²) in [7, 11) is 0. The van der Waals surface area contributed by atoms with Crippen LogP contribution in [0.3, 0.4) is 0 Å². The number of hydrogen-bond acceptors (Lipinski definition) is 3. The predicted molar refractivity (Wildman–Crippen MR) is 94.0 cm³/mol. The molecular weight excluding hydrogens is 328 g/mol. The molecule has 0 radical (unpaired) electrons. The van der Waals surface area contributed by atoms with Crippen molar-refractivity contribution in [2.24, 2.45) is 0 Å². The molecule has 1 aromatic carbocycles. The summed E-state index contributed by atoms with van der Waals surface area (Å²) in [4.78, 5) is 26.4. The standard InChI is InChI=1S/C18H25ClN2O3/c1-12(13-8-5-6-9-14(13)19)20-16(22)15-10-7-11-21(15)17(23)24-18(2,3)4/h5-6,8-9,12,15H,7,10-11H2,1-4H3,(H,20,22). The zero-order valence-electron chi connectivity index (χ0n) is 14.6. The average Bonchev–Trinajstić information content (AvgIpc) is 2.95. The number of nitrogens with zero attached hydrogens (tertiary/aromatic N) is 1. The number of carbonyl (C=O) groups is 2. The van der Waals surface area contributed by atoms with Gasteiger partial charge >= 0.3 is 6.09 Å². The van der Waals surface area contributed by atoms with Crippen molar-refractivity contribution in [1.29, 1.82) is 0 Å². The van der Waals surface area contributed by atoms with Gasteiger partial charge in [-0.3, -0.25) is 9.69 Å². The minimum absolute atomic E-state index is 0.175. The highest BCUT2D eigenvalue weighted by atomic mass is 35.5. The molecule has 1 N–H and O–H groups in total. The normalized spacial score (nSPS) is 19.0. The number of likely N-dealkylation sites (tertiary alicyclic amines) is 1. The third-order valence-electron chi connectivity index (χ3n) is 3.91. The Morgan fingerprint density at radius 3 is 2.62 bits per heavy atom. The maximum Gasteiger partial charge on any atom is 0.410 e. The minimum Gasteiger partial charge on any atom is -0.444 e. The molecule has 132 valence electrons. The van der Waals surface area contributed by atoms with E-state index in [1.54, 1.807) is 6.07 Å². The van der Waals surface area contributed by atoms with Crippen LogP contribution in [-0.4, -0.2) is 35.1 Å². The fourth-order valence-electron chi connectivity index (χ4n) is 2.79. The molecule has 0 bridgehead atoms. The van der Waals surface area contributed by atoms with E-state index in [-0.39, 0.29) is 11.9 Å². The Hall–Kier alpha value is -1.75. The van der Waals surface area contributed by atoms with E-state index < -0.39 is 17.7 Å². The number of rotatable bonds is 3.